The minimum Gasteiger partial charge on any atom is -0.455 e. The maximum atomic E-state index is 6.40. The van der Waals surface area contributed by atoms with Crippen LogP contribution in [-0.2, 0) is 0 Å². The zero-order valence-corrected chi connectivity index (χ0v) is 24.4. The molecule has 44 heavy (non-hydrogen) atoms. The topological polar surface area (TPSA) is 49.9 Å². The van der Waals surface area contributed by atoms with E-state index in [9.17, 15) is 0 Å². The molecule has 1 aliphatic heterocycles. The molecule has 2 aromatic heterocycles. The third-order valence-electron chi connectivity index (χ3n) is 8.35. The van der Waals surface area contributed by atoms with Crippen LogP contribution in [0, 0.1) is 0 Å². The first kappa shape index (κ1) is 25.0. The van der Waals surface area contributed by atoms with Crippen LogP contribution >= 0.6 is 11.3 Å². The van der Waals surface area contributed by atoms with Gasteiger partial charge in [0.1, 0.15) is 22.8 Å². The van der Waals surface area contributed by atoms with Crippen molar-refractivity contribution >= 4 is 65.1 Å². The first-order valence-electron chi connectivity index (χ1n) is 14.7. The van der Waals surface area contributed by atoms with Crippen LogP contribution < -0.4 is 5.32 Å². The van der Waals surface area contributed by atoms with Crippen molar-refractivity contribution in [3.05, 3.63) is 156 Å². The summed E-state index contributed by atoms with van der Waals surface area (Å²) in [5, 5.41) is 8.20. The zero-order valence-electron chi connectivity index (χ0n) is 23.6. The average Bonchev–Trinajstić information content (AvgIpc) is 3.67. The standard InChI is InChI=1S/C39H25N3OS/c1-3-11-24(12-4-1)27-16-9-18-30-32-23-26(21-22-34(32)44-36(27)30)38-40-37(25-13-5-2-6-14-25)41-39(42-38)31-19-10-17-29-28-15-7-8-20-33(28)43-35(29)31/h1-23,38H,(H,40,41,42). The predicted octanol–water partition coefficient (Wildman–Crippen LogP) is 10.1. The monoisotopic (exact) mass is 583 g/mol. The fraction of sp³-hybridized carbons (Fsp3) is 0.0256. The first-order chi connectivity index (χ1) is 21.8. The molecule has 1 unspecified atom stereocenters. The third-order valence-corrected chi connectivity index (χ3v) is 9.57. The molecule has 4 nitrogen and oxygen atoms in total. The first-order valence-corrected chi connectivity index (χ1v) is 15.5. The Kier molecular flexibility index (Phi) is 5.71. The van der Waals surface area contributed by atoms with Crippen LogP contribution in [0.15, 0.2) is 154 Å². The van der Waals surface area contributed by atoms with Crippen molar-refractivity contribution in [2.75, 3.05) is 0 Å². The Morgan fingerprint density at radius 2 is 1.23 bits per heavy atom. The Labute approximate surface area is 257 Å². The molecule has 0 bridgehead atoms. The van der Waals surface area contributed by atoms with Gasteiger partial charge in [-0.2, -0.15) is 0 Å². The molecule has 0 amide bonds. The second-order valence-electron chi connectivity index (χ2n) is 11.0. The number of nitrogens with zero attached hydrogens (tertiary/aromatic N) is 2. The van der Waals surface area contributed by atoms with Crippen LogP contribution in [-0.4, -0.2) is 11.7 Å². The van der Waals surface area contributed by atoms with E-state index in [-0.39, 0.29) is 0 Å². The highest BCUT2D eigenvalue weighted by atomic mass is 32.1. The minimum atomic E-state index is -0.419. The average molecular weight is 584 g/mol. The third kappa shape index (κ3) is 4.05. The normalized spacial score (nSPS) is 15.0. The summed E-state index contributed by atoms with van der Waals surface area (Å²) in [6.45, 7) is 0. The summed E-state index contributed by atoms with van der Waals surface area (Å²) in [7, 11) is 0. The Bertz CT molecular complexity index is 2420. The minimum absolute atomic E-state index is 0.419. The maximum absolute atomic E-state index is 6.40. The van der Waals surface area contributed by atoms with Gasteiger partial charge in [-0.25, -0.2) is 9.98 Å². The van der Waals surface area contributed by atoms with E-state index in [1.807, 2.05) is 47.7 Å². The Morgan fingerprint density at radius 3 is 2.07 bits per heavy atom. The van der Waals surface area contributed by atoms with Crippen molar-refractivity contribution in [3.63, 3.8) is 0 Å². The smallest absolute Gasteiger partial charge is 0.169 e. The Morgan fingerprint density at radius 1 is 0.545 bits per heavy atom. The molecule has 1 aliphatic rings. The molecule has 6 aromatic carbocycles. The van der Waals surface area contributed by atoms with Crippen LogP contribution in [0.25, 0.3) is 53.2 Å². The van der Waals surface area contributed by atoms with E-state index in [0.29, 0.717) is 0 Å². The van der Waals surface area contributed by atoms with Crippen LogP contribution in [0.1, 0.15) is 22.9 Å². The maximum Gasteiger partial charge on any atom is 0.169 e. The van der Waals surface area contributed by atoms with Gasteiger partial charge in [-0.3, -0.25) is 0 Å². The van der Waals surface area contributed by atoms with E-state index in [0.717, 1.165) is 50.3 Å². The van der Waals surface area contributed by atoms with Crippen molar-refractivity contribution in [1.82, 2.24) is 5.32 Å². The predicted molar refractivity (Wildman–Crippen MR) is 184 cm³/mol. The summed E-state index contributed by atoms with van der Waals surface area (Å²) >= 11 is 1.84. The van der Waals surface area contributed by atoms with Gasteiger partial charge in [-0.1, -0.05) is 115 Å². The van der Waals surface area contributed by atoms with E-state index >= 15 is 0 Å². The highest BCUT2D eigenvalue weighted by Gasteiger charge is 2.24. The quantitative estimate of drug-likeness (QED) is 0.224. The van der Waals surface area contributed by atoms with Gasteiger partial charge in [0.25, 0.3) is 0 Å². The second kappa shape index (κ2) is 10.0. The lowest BCUT2D eigenvalue weighted by Gasteiger charge is -2.22. The van der Waals surface area contributed by atoms with Gasteiger partial charge in [-0.15, -0.1) is 11.3 Å². The molecule has 0 saturated heterocycles. The summed E-state index contributed by atoms with van der Waals surface area (Å²) in [6, 6.07) is 48.5. The summed E-state index contributed by atoms with van der Waals surface area (Å²) in [6.07, 6.45) is -0.419. The summed E-state index contributed by atoms with van der Waals surface area (Å²) < 4.78 is 8.95. The van der Waals surface area contributed by atoms with E-state index in [4.69, 9.17) is 14.4 Å². The number of thiophene rings is 1. The molecule has 1 atom stereocenters. The summed E-state index contributed by atoms with van der Waals surface area (Å²) in [5.41, 5.74) is 7.15. The molecule has 208 valence electrons. The highest BCUT2D eigenvalue weighted by molar-refractivity contribution is 7.26. The molecule has 9 rings (SSSR count). The number of para-hydroxylation sites is 2. The van der Waals surface area contributed by atoms with Crippen molar-refractivity contribution in [1.29, 1.82) is 0 Å². The summed E-state index contributed by atoms with van der Waals surface area (Å²) in [4.78, 5) is 10.4. The molecule has 0 aliphatic carbocycles. The number of hydrogen-bond donors (Lipinski definition) is 1. The number of furan rings is 1. The van der Waals surface area contributed by atoms with Gasteiger partial charge in [0.15, 0.2) is 6.17 Å². The number of aliphatic imine (C=N–C) groups is 2. The van der Waals surface area contributed by atoms with E-state index in [1.54, 1.807) is 0 Å². The number of fused-ring (bicyclic) bond motifs is 6. The molecule has 5 heteroatoms. The molecule has 0 spiro atoms. The zero-order chi connectivity index (χ0) is 29.0. The van der Waals surface area contributed by atoms with E-state index in [1.165, 1.54) is 31.3 Å². The number of rotatable bonds is 4. The molecule has 0 saturated carbocycles. The molecule has 3 heterocycles. The van der Waals surface area contributed by atoms with Crippen LogP contribution in [0.3, 0.4) is 0 Å². The molecule has 8 aromatic rings. The SMILES string of the molecule is c1ccc(C2=NC(c3ccc4sc5c(-c6ccccc6)cccc5c4c3)N=C(c3cccc4c3oc3ccccc34)N2)cc1. The van der Waals surface area contributed by atoms with Crippen LogP contribution in [0.4, 0.5) is 0 Å². The van der Waals surface area contributed by atoms with E-state index in [2.05, 4.69) is 108 Å². The van der Waals surface area contributed by atoms with Crippen molar-refractivity contribution in [2.45, 2.75) is 6.17 Å². The van der Waals surface area contributed by atoms with Crippen molar-refractivity contribution in [2.24, 2.45) is 9.98 Å². The van der Waals surface area contributed by atoms with Crippen molar-refractivity contribution in [3.8, 4) is 11.1 Å². The van der Waals surface area contributed by atoms with Crippen LogP contribution in [0.5, 0.6) is 0 Å². The Balaban J connectivity index is 1.22. The van der Waals surface area contributed by atoms with Gasteiger partial charge in [0, 0.05) is 36.5 Å². The number of hydrogen-bond acceptors (Lipinski definition) is 5. The lowest BCUT2D eigenvalue weighted by molar-refractivity contribution is 0.667. The van der Waals surface area contributed by atoms with E-state index < -0.39 is 6.17 Å². The molecular weight excluding hydrogens is 559 g/mol. The van der Waals surface area contributed by atoms with Crippen LogP contribution in [0.2, 0.25) is 0 Å². The lowest BCUT2D eigenvalue weighted by Crippen LogP contribution is -2.36. The highest BCUT2D eigenvalue weighted by Crippen LogP contribution is 2.41. The largest absolute Gasteiger partial charge is 0.455 e. The van der Waals surface area contributed by atoms with Gasteiger partial charge in [0.2, 0.25) is 0 Å². The number of benzene rings is 6. The van der Waals surface area contributed by atoms with Gasteiger partial charge in [-0.05, 0) is 41.0 Å². The van der Waals surface area contributed by atoms with Gasteiger partial charge >= 0.3 is 0 Å². The Hall–Kier alpha value is -5.52. The fourth-order valence-electron chi connectivity index (χ4n) is 6.23. The number of amidine groups is 2. The summed E-state index contributed by atoms with van der Waals surface area (Å²) in [5.74, 6) is 1.53. The molecule has 1 N–H and O–H groups in total. The molecular formula is C39H25N3OS. The second-order valence-corrected chi connectivity index (χ2v) is 12.1. The fourth-order valence-corrected chi connectivity index (χ4v) is 7.45. The van der Waals surface area contributed by atoms with Crippen molar-refractivity contribution < 1.29 is 4.42 Å². The van der Waals surface area contributed by atoms with Gasteiger partial charge < -0.3 is 9.73 Å². The van der Waals surface area contributed by atoms with Gasteiger partial charge in [0.05, 0.1) is 5.56 Å². The molecule has 0 radical (unpaired) electrons. The lowest BCUT2D eigenvalue weighted by atomic mass is 10.0. The molecule has 0 fully saturated rings. The number of nitrogens with one attached hydrogen (secondary N) is 1.